The Bertz CT molecular complexity index is 587. The van der Waals surface area contributed by atoms with Crippen LogP contribution < -0.4 is 5.32 Å². The summed E-state index contributed by atoms with van der Waals surface area (Å²) in [5.74, 6) is 0.716. The van der Waals surface area contributed by atoms with Gasteiger partial charge in [-0.3, -0.25) is 0 Å². The molecular formula is C18H19NO2S. The molecule has 1 atom stereocenters. The van der Waals surface area contributed by atoms with E-state index in [9.17, 15) is 4.79 Å². The number of thioether (sulfide) groups is 1. The molecule has 0 unspecified atom stereocenters. The fourth-order valence-electron chi connectivity index (χ4n) is 1.79. The minimum Gasteiger partial charge on any atom is -0.445 e. The fourth-order valence-corrected chi connectivity index (χ4v) is 2.73. The van der Waals surface area contributed by atoms with Crippen molar-refractivity contribution in [2.45, 2.75) is 17.5 Å². The zero-order chi connectivity index (χ0) is 15.6. The number of hydrogen-bond donors (Lipinski definition) is 1. The average molecular weight is 313 g/mol. The van der Waals surface area contributed by atoms with Crippen LogP contribution >= 0.6 is 11.8 Å². The van der Waals surface area contributed by atoms with Crippen molar-refractivity contribution < 1.29 is 9.53 Å². The van der Waals surface area contributed by atoms with E-state index in [0.29, 0.717) is 5.75 Å². The van der Waals surface area contributed by atoms with E-state index in [0.717, 1.165) is 10.5 Å². The lowest BCUT2D eigenvalue weighted by Crippen LogP contribution is -2.35. The number of rotatable bonds is 7. The molecule has 4 heteroatoms. The first-order chi connectivity index (χ1) is 10.8. The van der Waals surface area contributed by atoms with Crippen LogP contribution in [0.1, 0.15) is 5.56 Å². The Morgan fingerprint density at radius 3 is 2.41 bits per heavy atom. The summed E-state index contributed by atoms with van der Waals surface area (Å²) < 4.78 is 5.21. The van der Waals surface area contributed by atoms with Crippen molar-refractivity contribution in [1.29, 1.82) is 0 Å². The lowest BCUT2D eigenvalue weighted by atomic mass is 10.2. The first kappa shape index (κ1) is 16.2. The summed E-state index contributed by atoms with van der Waals surface area (Å²) in [7, 11) is 0. The quantitative estimate of drug-likeness (QED) is 0.613. The van der Waals surface area contributed by atoms with Crippen LogP contribution in [-0.4, -0.2) is 17.9 Å². The average Bonchev–Trinajstić information content (AvgIpc) is 2.58. The van der Waals surface area contributed by atoms with Crippen LogP contribution in [0.25, 0.3) is 0 Å². The van der Waals surface area contributed by atoms with E-state index in [-0.39, 0.29) is 12.6 Å². The second-order valence-corrected chi connectivity index (χ2v) is 5.77. The van der Waals surface area contributed by atoms with Crippen molar-refractivity contribution in [3.8, 4) is 0 Å². The van der Waals surface area contributed by atoms with E-state index in [1.165, 1.54) is 0 Å². The van der Waals surface area contributed by atoms with Gasteiger partial charge in [-0.15, -0.1) is 18.3 Å². The highest BCUT2D eigenvalue weighted by Crippen LogP contribution is 2.18. The molecule has 1 amide bonds. The monoisotopic (exact) mass is 313 g/mol. The standard InChI is InChI=1S/C18H19NO2S/c1-2-16(14-22-17-11-7-4-8-12-17)19-18(20)21-13-15-9-5-3-6-10-15/h2-12,16H,1,13-14H2,(H,19,20)/t16-/m1/s1. The number of nitrogens with one attached hydrogen (secondary N) is 1. The van der Waals surface area contributed by atoms with Crippen LogP contribution in [0.2, 0.25) is 0 Å². The Kier molecular flexibility index (Phi) is 6.58. The van der Waals surface area contributed by atoms with E-state index in [2.05, 4.69) is 11.9 Å². The highest BCUT2D eigenvalue weighted by Gasteiger charge is 2.10. The van der Waals surface area contributed by atoms with Gasteiger partial charge in [0, 0.05) is 10.6 Å². The Morgan fingerprint density at radius 2 is 1.77 bits per heavy atom. The predicted octanol–water partition coefficient (Wildman–Crippen LogP) is 4.26. The summed E-state index contributed by atoms with van der Waals surface area (Å²) >= 11 is 1.67. The number of carbonyl (C=O) groups is 1. The van der Waals surface area contributed by atoms with Crippen LogP contribution in [0.15, 0.2) is 78.2 Å². The summed E-state index contributed by atoms with van der Waals surface area (Å²) in [6.07, 6.45) is 1.29. The number of amides is 1. The molecule has 0 saturated carbocycles. The van der Waals surface area contributed by atoms with E-state index >= 15 is 0 Å². The number of hydrogen-bond acceptors (Lipinski definition) is 3. The maximum atomic E-state index is 11.8. The zero-order valence-corrected chi connectivity index (χ0v) is 13.1. The van der Waals surface area contributed by atoms with E-state index in [4.69, 9.17) is 4.74 Å². The molecular weight excluding hydrogens is 294 g/mol. The third-order valence-electron chi connectivity index (χ3n) is 2.97. The first-order valence-corrected chi connectivity index (χ1v) is 8.04. The molecule has 0 radical (unpaired) electrons. The van der Waals surface area contributed by atoms with Gasteiger partial charge in [-0.2, -0.15) is 0 Å². The smallest absolute Gasteiger partial charge is 0.407 e. The van der Waals surface area contributed by atoms with Crippen molar-refractivity contribution in [3.63, 3.8) is 0 Å². The SMILES string of the molecule is C=C[C@H](CSc1ccccc1)NC(=O)OCc1ccccc1. The van der Waals surface area contributed by atoms with Gasteiger partial charge in [-0.05, 0) is 17.7 Å². The Morgan fingerprint density at radius 1 is 1.14 bits per heavy atom. The van der Waals surface area contributed by atoms with Crippen LogP contribution in [0.3, 0.4) is 0 Å². The topological polar surface area (TPSA) is 38.3 Å². The van der Waals surface area contributed by atoms with Crippen molar-refractivity contribution >= 4 is 17.9 Å². The highest BCUT2D eigenvalue weighted by molar-refractivity contribution is 7.99. The lowest BCUT2D eigenvalue weighted by molar-refractivity contribution is 0.138. The van der Waals surface area contributed by atoms with Crippen LogP contribution in [0.4, 0.5) is 4.79 Å². The van der Waals surface area contributed by atoms with Gasteiger partial charge in [-0.1, -0.05) is 54.6 Å². The van der Waals surface area contributed by atoms with E-state index in [1.54, 1.807) is 17.8 Å². The van der Waals surface area contributed by atoms with Gasteiger partial charge in [0.2, 0.25) is 0 Å². The molecule has 0 bridgehead atoms. The molecule has 2 aromatic carbocycles. The molecule has 114 valence electrons. The molecule has 2 aromatic rings. The number of carbonyl (C=O) groups excluding carboxylic acids is 1. The van der Waals surface area contributed by atoms with Crippen molar-refractivity contribution in [1.82, 2.24) is 5.32 Å². The van der Waals surface area contributed by atoms with E-state index < -0.39 is 6.09 Å². The second kappa shape index (κ2) is 8.95. The highest BCUT2D eigenvalue weighted by atomic mass is 32.2. The molecule has 2 rings (SSSR count). The minimum atomic E-state index is -0.428. The summed E-state index contributed by atoms with van der Waals surface area (Å²) in [5, 5.41) is 2.81. The Balaban J connectivity index is 1.74. The Labute approximate surface area is 135 Å². The summed E-state index contributed by atoms with van der Waals surface area (Å²) in [5.41, 5.74) is 0.964. The maximum Gasteiger partial charge on any atom is 0.407 e. The molecule has 3 nitrogen and oxygen atoms in total. The molecule has 0 saturated heterocycles. The largest absolute Gasteiger partial charge is 0.445 e. The van der Waals surface area contributed by atoms with Crippen molar-refractivity contribution in [2.24, 2.45) is 0 Å². The molecule has 0 fully saturated rings. The van der Waals surface area contributed by atoms with Crippen molar-refractivity contribution in [2.75, 3.05) is 5.75 Å². The van der Waals surface area contributed by atoms with Gasteiger partial charge >= 0.3 is 6.09 Å². The number of benzene rings is 2. The van der Waals surface area contributed by atoms with Gasteiger partial charge in [0.15, 0.2) is 0 Å². The Hall–Kier alpha value is -2.20. The normalized spacial score (nSPS) is 11.5. The number of ether oxygens (including phenoxy) is 1. The second-order valence-electron chi connectivity index (χ2n) is 4.67. The van der Waals surface area contributed by atoms with Gasteiger partial charge < -0.3 is 10.1 Å². The molecule has 22 heavy (non-hydrogen) atoms. The third kappa shape index (κ3) is 5.66. The molecule has 0 aliphatic rings. The fraction of sp³-hybridized carbons (Fsp3) is 0.167. The predicted molar refractivity (Wildman–Crippen MR) is 90.9 cm³/mol. The summed E-state index contributed by atoms with van der Waals surface area (Å²) in [6.45, 7) is 4.03. The van der Waals surface area contributed by atoms with Crippen LogP contribution in [-0.2, 0) is 11.3 Å². The molecule has 0 heterocycles. The molecule has 0 aromatic heterocycles. The summed E-state index contributed by atoms with van der Waals surface area (Å²) in [4.78, 5) is 13.0. The minimum absolute atomic E-state index is 0.131. The van der Waals surface area contributed by atoms with Crippen LogP contribution in [0, 0.1) is 0 Å². The van der Waals surface area contributed by atoms with Gasteiger partial charge in [0.1, 0.15) is 6.61 Å². The zero-order valence-electron chi connectivity index (χ0n) is 12.3. The van der Waals surface area contributed by atoms with Gasteiger partial charge in [0.05, 0.1) is 6.04 Å². The third-order valence-corrected chi connectivity index (χ3v) is 4.10. The lowest BCUT2D eigenvalue weighted by Gasteiger charge is -2.14. The van der Waals surface area contributed by atoms with Crippen LogP contribution in [0.5, 0.6) is 0 Å². The first-order valence-electron chi connectivity index (χ1n) is 7.05. The molecule has 0 aliphatic heterocycles. The van der Waals surface area contributed by atoms with Gasteiger partial charge in [0.25, 0.3) is 0 Å². The van der Waals surface area contributed by atoms with E-state index in [1.807, 2.05) is 60.7 Å². The van der Waals surface area contributed by atoms with Gasteiger partial charge in [-0.25, -0.2) is 4.79 Å². The number of alkyl carbamates (subject to hydrolysis) is 1. The van der Waals surface area contributed by atoms with Crippen molar-refractivity contribution in [3.05, 3.63) is 78.9 Å². The summed E-state index contributed by atoms with van der Waals surface area (Å²) in [6, 6.07) is 19.5. The molecule has 1 N–H and O–H groups in total. The molecule has 0 aliphatic carbocycles. The molecule has 0 spiro atoms. The maximum absolute atomic E-state index is 11.8.